The predicted octanol–water partition coefficient (Wildman–Crippen LogP) is 3.89. The van der Waals surface area contributed by atoms with Crippen molar-refractivity contribution in [2.45, 2.75) is 49.5 Å². The van der Waals surface area contributed by atoms with Crippen LogP contribution in [-0.2, 0) is 11.2 Å². The van der Waals surface area contributed by atoms with Gasteiger partial charge in [0.25, 0.3) is 0 Å². The molecular formula is C19H24FNO2S. The molecule has 3 rings (SSSR count). The van der Waals surface area contributed by atoms with Gasteiger partial charge in [-0.3, -0.25) is 0 Å². The van der Waals surface area contributed by atoms with E-state index in [-0.39, 0.29) is 23.6 Å². The van der Waals surface area contributed by atoms with Gasteiger partial charge in [0.2, 0.25) is 0 Å². The molecule has 1 aliphatic heterocycles. The van der Waals surface area contributed by atoms with E-state index >= 15 is 0 Å². The lowest BCUT2D eigenvalue weighted by atomic mass is 9.82. The number of aryl methyl sites for hydroxylation is 1. The minimum absolute atomic E-state index is 0.0187. The zero-order valence-electron chi connectivity index (χ0n) is 14.0. The standard InChI is InChI=1S/C19H24FNO2S/c1-2-23-6-5-15-14(11-21)10-17(22)18(15)13-8-12-4-3-7-24-19(12)16(20)9-13/h8-9,14-15,17-18,22H,2-7,10H2,1H3/t14-,15?,17+,18?/m0/s1. The lowest BCUT2D eigenvalue weighted by Crippen LogP contribution is -2.21. The number of aliphatic hydroxyl groups is 1. The highest BCUT2D eigenvalue weighted by Gasteiger charge is 2.43. The summed E-state index contributed by atoms with van der Waals surface area (Å²) in [4.78, 5) is 0.764. The second-order valence-corrected chi connectivity index (χ2v) is 7.76. The van der Waals surface area contributed by atoms with Crippen LogP contribution in [0.15, 0.2) is 17.0 Å². The van der Waals surface area contributed by atoms with Gasteiger partial charge in [-0.2, -0.15) is 5.26 Å². The lowest BCUT2D eigenvalue weighted by Gasteiger charge is -2.26. The van der Waals surface area contributed by atoms with E-state index in [0.717, 1.165) is 41.0 Å². The monoisotopic (exact) mass is 349 g/mol. The zero-order chi connectivity index (χ0) is 17.1. The first kappa shape index (κ1) is 17.7. The highest BCUT2D eigenvalue weighted by atomic mass is 32.2. The van der Waals surface area contributed by atoms with Gasteiger partial charge in [-0.05, 0) is 61.5 Å². The van der Waals surface area contributed by atoms with Gasteiger partial charge in [-0.1, -0.05) is 6.07 Å². The van der Waals surface area contributed by atoms with Gasteiger partial charge in [0.15, 0.2) is 0 Å². The summed E-state index contributed by atoms with van der Waals surface area (Å²) in [6.07, 6.45) is 2.55. The van der Waals surface area contributed by atoms with E-state index in [0.29, 0.717) is 19.6 Å². The molecule has 0 amide bonds. The van der Waals surface area contributed by atoms with Crippen molar-refractivity contribution in [1.82, 2.24) is 0 Å². The van der Waals surface area contributed by atoms with Crippen LogP contribution in [-0.4, -0.2) is 30.2 Å². The minimum Gasteiger partial charge on any atom is -0.392 e. The van der Waals surface area contributed by atoms with Crippen LogP contribution in [0.3, 0.4) is 0 Å². The molecule has 0 aromatic heterocycles. The van der Waals surface area contributed by atoms with Crippen molar-refractivity contribution in [3.05, 3.63) is 29.1 Å². The molecule has 0 bridgehead atoms. The maximum absolute atomic E-state index is 14.5. The lowest BCUT2D eigenvalue weighted by molar-refractivity contribution is 0.116. The van der Waals surface area contributed by atoms with Crippen molar-refractivity contribution < 1.29 is 14.2 Å². The first-order valence-electron chi connectivity index (χ1n) is 8.76. The number of fused-ring (bicyclic) bond motifs is 1. The fourth-order valence-electron chi connectivity index (χ4n) is 4.13. The smallest absolute Gasteiger partial charge is 0.137 e. The molecule has 1 aromatic carbocycles. The number of thioether (sulfide) groups is 1. The SMILES string of the molecule is CCOCCC1C(c2cc(F)c3c(c2)CCCS3)[C@H](O)C[C@H]1C#N. The molecular weight excluding hydrogens is 325 g/mol. The van der Waals surface area contributed by atoms with Gasteiger partial charge in [0, 0.05) is 24.0 Å². The van der Waals surface area contributed by atoms with Crippen LogP contribution in [0.25, 0.3) is 0 Å². The topological polar surface area (TPSA) is 53.2 Å². The van der Waals surface area contributed by atoms with Crippen LogP contribution in [0, 0.1) is 29.0 Å². The Balaban J connectivity index is 1.90. The molecule has 3 nitrogen and oxygen atoms in total. The average Bonchev–Trinajstić information content (AvgIpc) is 2.91. The highest BCUT2D eigenvalue weighted by Crippen LogP contribution is 2.47. The number of rotatable bonds is 5. The van der Waals surface area contributed by atoms with Gasteiger partial charge >= 0.3 is 0 Å². The number of nitriles is 1. The zero-order valence-corrected chi connectivity index (χ0v) is 14.8. The van der Waals surface area contributed by atoms with Gasteiger partial charge in [0.1, 0.15) is 5.82 Å². The number of hydrogen-bond donors (Lipinski definition) is 1. The molecule has 130 valence electrons. The van der Waals surface area contributed by atoms with E-state index in [1.807, 2.05) is 6.92 Å². The first-order chi connectivity index (χ1) is 11.7. The summed E-state index contributed by atoms with van der Waals surface area (Å²) in [6, 6.07) is 5.98. The van der Waals surface area contributed by atoms with E-state index in [9.17, 15) is 14.8 Å². The molecule has 1 N–H and O–H groups in total. The van der Waals surface area contributed by atoms with Gasteiger partial charge in [-0.15, -0.1) is 11.8 Å². The molecule has 1 aliphatic carbocycles. The molecule has 2 unspecified atom stereocenters. The number of nitrogens with zero attached hydrogens (tertiary/aromatic N) is 1. The summed E-state index contributed by atoms with van der Waals surface area (Å²) in [5.41, 5.74) is 1.90. The second-order valence-electron chi connectivity index (χ2n) is 6.66. The molecule has 4 atom stereocenters. The fourth-order valence-corrected chi connectivity index (χ4v) is 5.17. The third kappa shape index (κ3) is 3.46. The second kappa shape index (κ2) is 7.86. The molecule has 0 saturated heterocycles. The molecule has 1 fully saturated rings. The molecule has 0 radical (unpaired) electrons. The Bertz CT molecular complexity index is 631. The van der Waals surface area contributed by atoms with E-state index in [1.165, 1.54) is 0 Å². The van der Waals surface area contributed by atoms with Crippen LogP contribution < -0.4 is 0 Å². The largest absolute Gasteiger partial charge is 0.392 e. The van der Waals surface area contributed by atoms with Gasteiger partial charge in [-0.25, -0.2) is 4.39 Å². The summed E-state index contributed by atoms with van der Waals surface area (Å²) in [6.45, 7) is 3.16. The van der Waals surface area contributed by atoms with Crippen LogP contribution in [0.5, 0.6) is 0 Å². The van der Waals surface area contributed by atoms with Crippen LogP contribution in [0.1, 0.15) is 43.2 Å². The van der Waals surface area contributed by atoms with Crippen molar-refractivity contribution in [3.8, 4) is 6.07 Å². The Hall–Kier alpha value is -1.09. The highest BCUT2D eigenvalue weighted by molar-refractivity contribution is 7.99. The molecule has 24 heavy (non-hydrogen) atoms. The minimum atomic E-state index is -0.588. The van der Waals surface area contributed by atoms with E-state index in [1.54, 1.807) is 17.8 Å². The van der Waals surface area contributed by atoms with Crippen LogP contribution in [0.4, 0.5) is 4.39 Å². The Kier molecular flexibility index (Phi) is 5.80. The molecule has 0 spiro atoms. The fraction of sp³-hybridized carbons (Fsp3) is 0.632. The average molecular weight is 349 g/mol. The molecule has 5 heteroatoms. The third-order valence-corrected chi connectivity index (χ3v) is 6.46. The number of aliphatic hydroxyl groups excluding tert-OH is 1. The van der Waals surface area contributed by atoms with Crippen LogP contribution in [0.2, 0.25) is 0 Å². The Labute approximate surface area is 147 Å². The van der Waals surface area contributed by atoms with Crippen molar-refractivity contribution in [3.63, 3.8) is 0 Å². The maximum atomic E-state index is 14.5. The summed E-state index contributed by atoms with van der Waals surface area (Å²) in [5, 5.41) is 20.0. The number of hydrogen-bond acceptors (Lipinski definition) is 4. The number of halogens is 1. The Morgan fingerprint density at radius 3 is 3.04 bits per heavy atom. The third-order valence-electron chi connectivity index (χ3n) is 5.22. The van der Waals surface area contributed by atoms with Crippen LogP contribution >= 0.6 is 11.8 Å². The van der Waals surface area contributed by atoms with Crippen molar-refractivity contribution in [1.29, 1.82) is 5.26 Å². The summed E-state index contributed by atoms with van der Waals surface area (Å²) >= 11 is 1.58. The maximum Gasteiger partial charge on any atom is 0.137 e. The Morgan fingerprint density at radius 2 is 2.29 bits per heavy atom. The van der Waals surface area contributed by atoms with E-state index < -0.39 is 6.10 Å². The summed E-state index contributed by atoms with van der Waals surface area (Å²) in [5.74, 6) is 0.428. The van der Waals surface area contributed by atoms with Crippen molar-refractivity contribution in [2.24, 2.45) is 11.8 Å². The van der Waals surface area contributed by atoms with Gasteiger partial charge < -0.3 is 9.84 Å². The number of benzene rings is 1. The van der Waals surface area contributed by atoms with Gasteiger partial charge in [0.05, 0.1) is 18.1 Å². The summed E-state index contributed by atoms with van der Waals surface area (Å²) in [7, 11) is 0. The quantitative estimate of drug-likeness (QED) is 0.819. The molecule has 1 saturated carbocycles. The number of ether oxygens (including phenoxy) is 1. The van der Waals surface area contributed by atoms with E-state index in [2.05, 4.69) is 12.1 Å². The molecule has 1 heterocycles. The van der Waals surface area contributed by atoms with Crippen molar-refractivity contribution >= 4 is 11.8 Å². The molecule has 2 aliphatic rings. The Morgan fingerprint density at radius 1 is 1.46 bits per heavy atom. The normalized spacial score (nSPS) is 29.2. The summed E-state index contributed by atoms with van der Waals surface area (Å²) < 4.78 is 20.0. The predicted molar refractivity (Wildman–Crippen MR) is 92.5 cm³/mol. The van der Waals surface area contributed by atoms with E-state index in [4.69, 9.17) is 4.74 Å². The first-order valence-corrected chi connectivity index (χ1v) is 9.74. The van der Waals surface area contributed by atoms with Crippen molar-refractivity contribution in [2.75, 3.05) is 19.0 Å². The molecule has 1 aromatic rings.